The van der Waals surface area contributed by atoms with Crippen LogP contribution in [0.2, 0.25) is 0 Å². The molecule has 0 radical (unpaired) electrons. The Balaban J connectivity index is 1.96. The van der Waals surface area contributed by atoms with Gasteiger partial charge in [0, 0.05) is 33.9 Å². The molecule has 2 rings (SSSR count). The quantitative estimate of drug-likeness (QED) is 0.646. The molecule has 2 aromatic carbocycles. The Morgan fingerprint density at radius 1 is 0.737 bits per heavy atom. The van der Waals surface area contributed by atoms with Gasteiger partial charge in [-0.15, -0.1) is 0 Å². The Bertz CT molecular complexity index is 478. The van der Waals surface area contributed by atoms with Crippen LogP contribution in [-0.2, 0) is 16.5 Å². The van der Waals surface area contributed by atoms with E-state index >= 15 is 0 Å². The lowest BCUT2D eigenvalue weighted by Crippen LogP contribution is -1.86. The van der Waals surface area contributed by atoms with Crippen LogP contribution in [0.15, 0.2) is 58.3 Å². The van der Waals surface area contributed by atoms with Crippen molar-refractivity contribution >= 4 is 24.1 Å². The average Bonchev–Trinajstić information content (AvgIpc) is 2.48. The Hall–Kier alpha value is -0.900. The van der Waals surface area contributed by atoms with E-state index < -0.39 is 0 Å². The fourth-order valence-corrected chi connectivity index (χ4v) is 3.47. The third kappa shape index (κ3) is 4.03. The van der Waals surface area contributed by atoms with Crippen LogP contribution in [-0.4, -0.2) is 0 Å². The Labute approximate surface area is 124 Å². The van der Waals surface area contributed by atoms with Crippen molar-refractivity contribution in [1.29, 1.82) is 0 Å². The molecule has 3 heteroatoms. The van der Waals surface area contributed by atoms with Crippen molar-refractivity contribution in [3.05, 3.63) is 59.7 Å². The second-order valence-corrected chi connectivity index (χ2v) is 5.91. The summed E-state index contributed by atoms with van der Waals surface area (Å²) >= 11 is 2.90. The Morgan fingerprint density at radius 2 is 1.16 bits per heavy atom. The Kier molecular flexibility index (Phi) is 5.83. The lowest BCUT2D eigenvalue weighted by atomic mass is 10.2. The van der Waals surface area contributed by atoms with Crippen molar-refractivity contribution in [1.82, 2.24) is 0 Å². The van der Waals surface area contributed by atoms with E-state index in [0.717, 1.165) is 12.8 Å². The summed E-state index contributed by atoms with van der Waals surface area (Å²) in [6.07, 6.45) is 2.06. The molecule has 0 aromatic heterocycles. The van der Waals surface area contributed by atoms with Gasteiger partial charge in [-0.2, -0.15) is 0 Å². The molecule has 2 aromatic rings. The van der Waals surface area contributed by atoms with Gasteiger partial charge in [0.2, 0.25) is 0 Å². The zero-order valence-corrected chi connectivity index (χ0v) is 12.9. The molecule has 0 amide bonds. The van der Waals surface area contributed by atoms with Crippen molar-refractivity contribution in [2.45, 2.75) is 36.5 Å². The van der Waals surface area contributed by atoms with E-state index in [9.17, 15) is 0 Å². The maximum Gasteiger partial charge on any atom is 0.0450 e. The second-order valence-electron chi connectivity index (χ2n) is 4.16. The van der Waals surface area contributed by atoms with Crippen molar-refractivity contribution in [3.8, 4) is 0 Å². The molecule has 1 nitrogen and oxygen atoms in total. The molecule has 0 N–H and O–H groups in total. The molecule has 0 aliphatic carbocycles. The summed E-state index contributed by atoms with van der Waals surface area (Å²) in [6.45, 7) is 4.33. The minimum Gasteiger partial charge on any atom is -0.237 e. The van der Waals surface area contributed by atoms with E-state index in [1.807, 2.05) is 0 Å². The van der Waals surface area contributed by atoms with Crippen LogP contribution in [0.5, 0.6) is 0 Å². The van der Waals surface area contributed by atoms with Gasteiger partial charge in [0.25, 0.3) is 0 Å². The molecule has 0 saturated carbocycles. The third-order valence-electron chi connectivity index (χ3n) is 2.95. The van der Waals surface area contributed by atoms with Crippen LogP contribution in [0.1, 0.15) is 25.0 Å². The topological polar surface area (TPSA) is 9.23 Å². The maximum atomic E-state index is 5.72. The predicted molar refractivity (Wildman–Crippen MR) is 84.4 cm³/mol. The highest BCUT2D eigenvalue weighted by atomic mass is 32.2. The predicted octanol–water partition coefficient (Wildman–Crippen LogP) is 5.54. The van der Waals surface area contributed by atoms with Gasteiger partial charge >= 0.3 is 0 Å². The van der Waals surface area contributed by atoms with Gasteiger partial charge in [-0.3, -0.25) is 0 Å². The first-order valence-electron chi connectivity index (χ1n) is 6.52. The first-order chi connectivity index (χ1) is 9.35. The lowest BCUT2D eigenvalue weighted by molar-refractivity contribution is 0.753. The molecule has 0 spiro atoms. The summed E-state index contributed by atoms with van der Waals surface area (Å²) in [6, 6.07) is 16.8. The molecular formula is C16H18OS2. The smallest absolute Gasteiger partial charge is 0.0450 e. The van der Waals surface area contributed by atoms with Crippen LogP contribution in [0.25, 0.3) is 0 Å². The summed E-state index contributed by atoms with van der Waals surface area (Å²) in [5, 5.41) is 0. The summed E-state index contributed by atoms with van der Waals surface area (Å²) in [5.41, 5.74) is 2.66. The van der Waals surface area contributed by atoms with Crippen LogP contribution in [0.3, 0.4) is 0 Å². The number of hydrogen-bond acceptors (Lipinski definition) is 3. The van der Waals surface area contributed by atoms with E-state index in [1.165, 1.54) is 45.0 Å². The summed E-state index contributed by atoms with van der Waals surface area (Å²) < 4.78 is 5.72. The van der Waals surface area contributed by atoms with Crippen molar-refractivity contribution < 1.29 is 3.63 Å². The van der Waals surface area contributed by atoms with Crippen LogP contribution >= 0.6 is 24.1 Å². The fourth-order valence-electron chi connectivity index (χ4n) is 1.84. The highest BCUT2D eigenvalue weighted by Crippen LogP contribution is 2.33. The molecule has 0 unspecified atom stereocenters. The van der Waals surface area contributed by atoms with Gasteiger partial charge in [0.1, 0.15) is 0 Å². The molecule has 0 heterocycles. The lowest BCUT2D eigenvalue weighted by Gasteiger charge is -2.08. The number of rotatable bonds is 6. The first-order valence-corrected chi connectivity index (χ1v) is 8.00. The fraction of sp³-hybridized carbons (Fsp3) is 0.250. The molecular weight excluding hydrogens is 272 g/mol. The van der Waals surface area contributed by atoms with Crippen molar-refractivity contribution in [2.75, 3.05) is 0 Å². The van der Waals surface area contributed by atoms with Gasteiger partial charge < -0.3 is 0 Å². The number of benzene rings is 2. The number of aryl methyl sites for hydroxylation is 2. The van der Waals surface area contributed by atoms with Crippen LogP contribution < -0.4 is 0 Å². The van der Waals surface area contributed by atoms with Crippen LogP contribution in [0.4, 0.5) is 0 Å². The normalized spacial score (nSPS) is 10.6. The first kappa shape index (κ1) is 14.5. The van der Waals surface area contributed by atoms with E-state index in [-0.39, 0.29) is 0 Å². The van der Waals surface area contributed by atoms with E-state index in [4.69, 9.17) is 3.63 Å². The summed E-state index contributed by atoms with van der Waals surface area (Å²) in [4.78, 5) is 2.40. The minimum absolute atomic E-state index is 1.03. The van der Waals surface area contributed by atoms with E-state index in [0.29, 0.717) is 0 Å². The monoisotopic (exact) mass is 290 g/mol. The molecule has 0 aliphatic heterocycles. The molecule has 19 heavy (non-hydrogen) atoms. The van der Waals surface area contributed by atoms with Crippen LogP contribution in [0, 0.1) is 0 Å². The van der Waals surface area contributed by atoms with Crippen molar-refractivity contribution in [3.63, 3.8) is 0 Å². The SMILES string of the molecule is CCc1ccccc1SOSc1ccccc1CC. The second kappa shape index (κ2) is 7.63. The molecule has 0 saturated heterocycles. The van der Waals surface area contributed by atoms with Gasteiger partial charge in [0.15, 0.2) is 0 Å². The third-order valence-corrected chi connectivity index (χ3v) is 4.65. The van der Waals surface area contributed by atoms with E-state index in [1.54, 1.807) is 0 Å². The number of hydrogen-bond donors (Lipinski definition) is 0. The average molecular weight is 290 g/mol. The van der Waals surface area contributed by atoms with Gasteiger partial charge in [0.05, 0.1) is 0 Å². The summed E-state index contributed by atoms with van der Waals surface area (Å²) in [7, 11) is 0. The zero-order valence-electron chi connectivity index (χ0n) is 11.3. The largest absolute Gasteiger partial charge is 0.237 e. The van der Waals surface area contributed by atoms with E-state index in [2.05, 4.69) is 62.4 Å². The maximum absolute atomic E-state index is 5.72. The van der Waals surface area contributed by atoms with Crippen molar-refractivity contribution in [2.24, 2.45) is 0 Å². The molecule has 100 valence electrons. The Morgan fingerprint density at radius 3 is 1.58 bits per heavy atom. The van der Waals surface area contributed by atoms with Gasteiger partial charge in [-0.25, -0.2) is 3.63 Å². The molecule has 0 aliphatic rings. The summed E-state index contributed by atoms with van der Waals surface area (Å²) in [5.74, 6) is 0. The van der Waals surface area contributed by atoms with Gasteiger partial charge in [-0.05, 0) is 36.1 Å². The molecule has 0 bridgehead atoms. The highest BCUT2D eigenvalue weighted by molar-refractivity contribution is 8.08. The standard InChI is InChI=1S/C16H18OS2/c1-3-13-9-5-7-11-15(13)18-17-19-16-12-8-6-10-14(16)4-2/h5-12H,3-4H2,1-2H3. The molecule has 0 fully saturated rings. The minimum atomic E-state index is 1.03. The zero-order chi connectivity index (χ0) is 13.5. The highest BCUT2D eigenvalue weighted by Gasteiger charge is 2.04. The molecule has 0 atom stereocenters. The van der Waals surface area contributed by atoms with Gasteiger partial charge in [-0.1, -0.05) is 50.2 Å².